The summed E-state index contributed by atoms with van der Waals surface area (Å²) in [4.78, 5) is 0. The minimum absolute atomic E-state index is 0.495. The molecular formula is C10H16F2. The third-order valence-electron chi connectivity index (χ3n) is 0.855. The molecule has 0 nitrogen and oxygen atoms in total. The number of rotatable bonds is 2. The van der Waals surface area contributed by atoms with E-state index in [9.17, 15) is 8.78 Å². The van der Waals surface area contributed by atoms with Gasteiger partial charge in [-0.1, -0.05) is 26.0 Å². The van der Waals surface area contributed by atoms with Crippen LogP contribution in [0.5, 0.6) is 0 Å². The van der Waals surface area contributed by atoms with Gasteiger partial charge in [0.25, 0.3) is 0 Å². The second kappa shape index (κ2) is 8.18. The molecule has 12 heavy (non-hydrogen) atoms. The highest BCUT2D eigenvalue weighted by Gasteiger charge is 1.99. The van der Waals surface area contributed by atoms with Gasteiger partial charge in [-0.05, 0) is 26.0 Å². The van der Waals surface area contributed by atoms with Crippen LogP contribution in [0.15, 0.2) is 36.0 Å². The molecule has 0 aliphatic heterocycles. The lowest BCUT2D eigenvalue weighted by Gasteiger charge is -1.90. The average molecular weight is 174 g/mol. The normalized spacial score (nSPS) is 11.8. The zero-order valence-electron chi connectivity index (χ0n) is 8.12. The van der Waals surface area contributed by atoms with E-state index in [1.165, 1.54) is 6.92 Å². The van der Waals surface area contributed by atoms with Crippen molar-refractivity contribution in [1.29, 1.82) is 0 Å². The van der Waals surface area contributed by atoms with Crippen molar-refractivity contribution in [3.05, 3.63) is 36.0 Å². The Labute approximate surface area is 73.3 Å². The molecule has 0 saturated heterocycles. The van der Waals surface area contributed by atoms with Crippen molar-refractivity contribution < 1.29 is 8.78 Å². The van der Waals surface area contributed by atoms with Gasteiger partial charge in [-0.3, -0.25) is 0 Å². The van der Waals surface area contributed by atoms with E-state index in [0.29, 0.717) is 5.57 Å². The van der Waals surface area contributed by atoms with Gasteiger partial charge in [0, 0.05) is 0 Å². The van der Waals surface area contributed by atoms with Gasteiger partial charge < -0.3 is 0 Å². The molecule has 0 aliphatic carbocycles. The molecule has 0 aromatic carbocycles. The lowest BCUT2D eigenvalue weighted by molar-refractivity contribution is 0.543. The Hall–Kier alpha value is -0.920. The van der Waals surface area contributed by atoms with Gasteiger partial charge in [0.15, 0.2) is 11.7 Å². The molecule has 0 atom stereocenters. The van der Waals surface area contributed by atoms with Crippen molar-refractivity contribution in [2.75, 3.05) is 0 Å². The van der Waals surface area contributed by atoms with Crippen LogP contribution in [-0.4, -0.2) is 0 Å². The van der Waals surface area contributed by atoms with Crippen LogP contribution in [-0.2, 0) is 0 Å². The molecule has 0 spiro atoms. The summed E-state index contributed by atoms with van der Waals surface area (Å²) < 4.78 is 24.7. The van der Waals surface area contributed by atoms with Gasteiger partial charge in [-0.25, -0.2) is 8.78 Å². The number of hydrogen-bond acceptors (Lipinski definition) is 0. The zero-order valence-corrected chi connectivity index (χ0v) is 8.12. The molecule has 0 aromatic heterocycles. The molecule has 0 bridgehead atoms. The van der Waals surface area contributed by atoms with E-state index in [0.717, 1.165) is 12.2 Å². The van der Waals surface area contributed by atoms with Gasteiger partial charge in [-0.2, -0.15) is 0 Å². The summed E-state index contributed by atoms with van der Waals surface area (Å²) in [6, 6.07) is 0. The monoisotopic (exact) mass is 174 g/mol. The highest BCUT2D eigenvalue weighted by molar-refractivity contribution is 5.25. The van der Waals surface area contributed by atoms with E-state index in [1.54, 1.807) is 6.92 Å². The first-order valence-electron chi connectivity index (χ1n) is 3.92. The van der Waals surface area contributed by atoms with Gasteiger partial charge in [-0.15, -0.1) is 0 Å². The first-order valence-corrected chi connectivity index (χ1v) is 3.92. The van der Waals surface area contributed by atoms with Gasteiger partial charge >= 0.3 is 0 Å². The fourth-order valence-corrected chi connectivity index (χ4v) is 0.423. The Balaban J connectivity index is 0. The van der Waals surface area contributed by atoms with Crippen LogP contribution in [0.3, 0.4) is 0 Å². The summed E-state index contributed by atoms with van der Waals surface area (Å²) in [6.07, 6.45) is 2.12. The summed E-state index contributed by atoms with van der Waals surface area (Å²) in [7, 11) is 0. The maximum absolute atomic E-state index is 12.4. The summed E-state index contributed by atoms with van der Waals surface area (Å²) in [6.45, 7) is 10.4. The highest BCUT2D eigenvalue weighted by Crippen LogP contribution is 2.13. The quantitative estimate of drug-likeness (QED) is 0.547. The highest BCUT2D eigenvalue weighted by atomic mass is 19.2. The molecule has 0 radical (unpaired) electrons. The predicted molar refractivity (Wildman–Crippen MR) is 50.2 cm³/mol. The van der Waals surface area contributed by atoms with Crippen LogP contribution < -0.4 is 0 Å². The van der Waals surface area contributed by atoms with E-state index < -0.39 is 11.7 Å². The second-order valence-corrected chi connectivity index (χ2v) is 1.98. The molecule has 0 aromatic rings. The van der Waals surface area contributed by atoms with Gasteiger partial charge in [0.05, 0.1) is 0 Å². The van der Waals surface area contributed by atoms with Crippen molar-refractivity contribution in [2.24, 2.45) is 0 Å². The van der Waals surface area contributed by atoms with Crippen molar-refractivity contribution in [2.45, 2.75) is 27.7 Å². The van der Waals surface area contributed by atoms with Crippen molar-refractivity contribution in [3.8, 4) is 0 Å². The Bertz CT molecular complexity index is 188. The molecule has 0 aliphatic rings. The number of allylic oxidation sites excluding steroid dienone is 5. The van der Waals surface area contributed by atoms with Crippen molar-refractivity contribution in [1.82, 2.24) is 0 Å². The number of hydrogen-bond donors (Lipinski definition) is 0. The largest absolute Gasteiger partial charge is 0.204 e. The van der Waals surface area contributed by atoms with E-state index in [-0.39, 0.29) is 0 Å². The van der Waals surface area contributed by atoms with Crippen LogP contribution in [0.2, 0.25) is 0 Å². The molecule has 0 amide bonds. The van der Waals surface area contributed by atoms with E-state index in [4.69, 9.17) is 0 Å². The molecule has 0 heterocycles. The lowest BCUT2D eigenvalue weighted by Crippen LogP contribution is -1.74. The maximum atomic E-state index is 12.4. The predicted octanol–water partition coefficient (Wildman–Crippen LogP) is 4.32. The summed E-state index contributed by atoms with van der Waals surface area (Å²) in [5.41, 5.74) is 0.495. The van der Waals surface area contributed by atoms with Crippen LogP contribution in [0, 0.1) is 0 Å². The minimum Gasteiger partial charge on any atom is -0.204 e. The third-order valence-corrected chi connectivity index (χ3v) is 0.855. The van der Waals surface area contributed by atoms with E-state index in [1.807, 2.05) is 13.8 Å². The Morgan fingerprint density at radius 1 is 1.17 bits per heavy atom. The molecule has 0 rings (SSSR count). The first-order chi connectivity index (χ1) is 5.57. The molecule has 0 unspecified atom stereocenters. The Morgan fingerprint density at radius 3 is 1.83 bits per heavy atom. The van der Waals surface area contributed by atoms with Crippen LogP contribution in [0.1, 0.15) is 27.7 Å². The van der Waals surface area contributed by atoms with E-state index in [2.05, 4.69) is 6.58 Å². The molecule has 70 valence electrons. The summed E-state index contributed by atoms with van der Waals surface area (Å²) >= 11 is 0. The van der Waals surface area contributed by atoms with E-state index >= 15 is 0 Å². The fraction of sp³-hybridized carbons (Fsp3) is 0.400. The molecule has 0 N–H and O–H groups in total. The standard InChI is InChI=1S/C8H10F2.C2H6/c1-4-7(9)8(10)5-6(2)3;1-2/h4-5H,2H2,1,3H3;1-2H3/b7-4+,8-5+;. The smallest absolute Gasteiger partial charge is 0.158 e. The average Bonchev–Trinajstić information content (AvgIpc) is 2.05. The maximum Gasteiger partial charge on any atom is 0.158 e. The molecule has 2 heteroatoms. The summed E-state index contributed by atoms with van der Waals surface area (Å²) in [5.74, 6) is -1.71. The molecule has 0 saturated carbocycles. The Kier molecular flexibility index (Phi) is 9.31. The zero-order chi connectivity index (χ0) is 10.1. The van der Waals surface area contributed by atoms with Gasteiger partial charge in [0.1, 0.15) is 0 Å². The topological polar surface area (TPSA) is 0 Å². The van der Waals surface area contributed by atoms with Crippen LogP contribution in [0.25, 0.3) is 0 Å². The van der Waals surface area contributed by atoms with Crippen molar-refractivity contribution in [3.63, 3.8) is 0 Å². The van der Waals surface area contributed by atoms with Gasteiger partial charge in [0.2, 0.25) is 0 Å². The van der Waals surface area contributed by atoms with Crippen LogP contribution in [0.4, 0.5) is 8.78 Å². The molecule has 0 fully saturated rings. The number of halogens is 2. The van der Waals surface area contributed by atoms with Crippen molar-refractivity contribution >= 4 is 0 Å². The molecular weight excluding hydrogens is 158 g/mol. The summed E-state index contributed by atoms with van der Waals surface area (Å²) in [5, 5.41) is 0. The second-order valence-electron chi connectivity index (χ2n) is 1.98. The van der Waals surface area contributed by atoms with Crippen LogP contribution >= 0.6 is 0 Å². The first kappa shape index (κ1) is 13.7. The lowest BCUT2D eigenvalue weighted by atomic mass is 10.3. The Morgan fingerprint density at radius 2 is 1.58 bits per heavy atom. The third kappa shape index (κ3) is 7.19. The fourth-order valence-electron chi connectivity index (χ4n) is 0.423. The SMILES string of the molecule is C=C(C)/C=C(F)\C(F)=C/C.CC. The minimum atomic E-state index is -0.866.